The third-order valence-corrected chi connectivity index (χ3v) is 5.38. The molecule has 132 valence electrons. The zero-order valence-corrected chi connectivity index (χ0v) is 14.5. The van der Waals surface area contributed by atoms with Crippen LogP contribution in [-0.4, -0.2) is 36.7 Å². The standard InChI is InChI=1S/C16H18N4O4S/c1-11-17-10-12(19-11)8-9-18-25(23,24)14-4-2-13(3-5-14)20-15(21)6-7-16(20)22/h2-5,10,18H,6-9H2,1H3,(H,17,19). The average Bonchev–Trinajstić information content (AvgIpc) is 3.13. The quantitative estimate of drug-likeness (QED) is 0.741. The highest BCUT2D eigenvalue weighted by molar-refractivity contribution is 7.89. The number of aryl methyl sites for hydroxylation is 1. The Balaban J connectivity index is 1.66. The first-order chi connectivity index (χ1) is 11.9. The van der Waals surface area contributed by atoms with Gasteiger partial charge in [0, 0.05) is 37.7 Å². The second kappa shape index (κ2) is 6.77. The second-order valence-electron chi connectivity index (χ2n) is 5.76. The molecule has 1 aromatic heterocycles. The van der Waals surface area contributed by atoms with E-state index in [-0.39, 0.29) is 36.1 Å². The van der Waals surface area contributed by atoms with Gasteiger partial charge in [-0.25, -0.2) is 18.1 Å². The molecule has 0 spiro atoms. The van der Waals surface area contributed by atoms with Gasteiger partial charge >= 0.3 is 0 Å². The van der Waals surface area contributed by atoms with Gasteiger partial charge in [-0.2, -0.15) is 0 Å². The van der Waals surface area contributed by atoms with Gasteiger partial charge in [0.1, 0.15) is 5.82 Å². The minimum atomic E-state index is -3.66. The van der Waals surface area contributed by atoms with Gasteiger partial charge in [-0.1, -0.05) is 0 Å². The fourth-order valence-electron chi connectivity index (χ4n) is 2.64. The van der Waals surface area contributed by atoms with Crippen molar-refractivity contribution < 1.29 is 18.0 Å². The molecule has 9 heteroatoms. The summed E-state index contributed by atoms with van der Waals surface area (Å²) in [7, 11) is -3.66. The van der Waals surface area contributed by atoms with Gasteiger partial charge in [-0.3, -0.25) is 14.5 Å². The zero-order valence-electron chi connectivity index (χ0n) is 13.7. The van der Waals surface area contributed by atoms with Crippen LogP contribution in [0.5, 0.6) is 0 Å². The maximum Gasteiger partial charge on any atom is 0.240 e. The molecule has 1 aliphatic rings. The van der Waals surface area contributed by atoms with Crippen molar-refractivity contribution in [1.29, 1.82) is 0 Å². The van der Waals surface area contributed by atoms with Crippen molar-refractivity contribution in [3.05, 3.63) is 42.0 Å². The molecular formula is C16H18N4O4S. The van der Waals surface area contributed by atoms with E-state index < -0.39 is 10.0 Å². The summed E-state index contributed by atoms with van der Waals surface area (Å²) in [5.74, 6) is 0.238. The van der Waals surface area contributed by atoms with Crippen LogP contribution in [-0.2, 0) is 26.0 Å². The Morgan fingerprint density at radius 2 is 1.80 bits per heavy atom. The average molecular weight is 362 g/mol. The summed E-state index contributed by atoms with van der Waals surface area (Å²) in [5.41, 5.74) is 1.24. The number of aromatic amines is 1. The first kappa shape index (κ1) is 17.3. The highest BCUT2D eigenvalue weighted by Gasteiger charge is 2.30. The number of H-pyrrole nitrogens is 1. The number of amides is 2. The number of imidazole rings is 1. The normalized spacial score (nSPS) is 15.2. The molecule has 1 aliphatic heterocycles. The predicted octanol–water partition coefficient (Wildman–Crippen LogP) is 0.893. The van der Waals surface area contributed by atoms with Gasteiger partial charge < -0.3 is 4.98 Å². The van der Waals surface area contributed by atoms with E-state index in [0.717, 1.165) is 16.4 Å². The smallest absolute Gasteiger partial charge is 0.240 e. The van der Waals surface area contributed by atoms with Crippen LogP contribution in [0.1, 0.15) is 24.4 Å². The van der Waals surface area contributed by atoms with Crippen molar-refractivity contribution in [2.45, 2.75) is 31.1 Å². The molecule has 3 rings (SSSR count). The Labute approximate surface area is 145 Å². The maximum atomic E-state index is 12.3. The van der Waals surface area contributed by atoms with Crippen LogP contribution in [0.2, 0.25) is 0 Å². The summed E-state index contributed by atoms with van der Waals surface area (Å²) >= 11 is 0. The minimum Gasteiger partial charge on any atom is -0.346 e. The predicted molar refractivity (Wildman–Crippen MR) is 90.4 cm³/mol. The Kier molecular flexibility index (Phi) is 4.69. The fraction of sp³-hybridized carbons (Fsp3) is 0.312. The first-order valence-corrected chi connectivity index (χ1v) is 9.31. The summed E-state index contributed by atoms with van der Waals surface area (Å²) in [5, 5.41) is 0. The topological polar surface area (TPSA) is 112 Å². The number of hydrogen-bond donors (Lipinski definition) is 2. The molecule has 0 atom stereocenters. The summed E-state index contributed by atoms with van der Waals surface area (Å²) in [6.45, 7) is 2.06. The molecule has 1 aromatic carbocycles. The highest BCUT2D eigenvalue weighted by Crippen LogP contribution is 2.23. The van der Waals surface area contributed by atoms with Crippen LogP contribution in [0.4, 0.5) is 5.69 Å². The minimum absolute atomic E-state index is 0.0798. The molecule has 8 nitrogen and oxygen atoms in total. The van der Waals surface area contributed by atoms with E-state index in [1.165, 1.54) is 24.3 Å². The lowest BCUT2D eigenvalue weighted by atomic mass is 10.3. The van der Waals surface area contributed by atoms with E-state index in [4.69, 9.17) is 0 Å². The molecule has 2 amide bonds. The molecule has 0 saturated carbocycles. The van der Waals surface area contributed by atoms with Gasteiger partial charge in [0.2, 0.25) is 21.8 Å². The molecule has 1 saturated heterocycles. The lowest BCUT2D eigenvalue weighted by Gasteiger charge is -2.14. The number of benzene rings is 1. The lowest BCUT2D eigenvalue weighted by Crippen LogP contribution is -2.29. The van der Waals surface area contributed by atoms with E-state index >= 15 is 0 Å². The van der Waals surface area contributed by atoms with E-state index in [0.29, 0.717) is 12.1 Å². The lowest BCUT2D eigenvalue weighted by molar-refractivity contribution is -0.121. The van der Waals surface area contributed by atoms with Crippen LogP contribution >= 0.6 is 0 Å². The number of imide groups is 1. The molecule has 2 N–H and O–H groups in total. The van der Waals surface area contributed by atoms with Crippen LogP contribution in [0.25, 0.3) is 0 Å². The van der Waals surface area contributed by atoms with Crippen LogP contribution in [0.3, 0.4) is 0 Å². The third-order valence-electron chi connectivity index (χ3n) is 3.90. The number of anilines is 1. The molecular weight excluding hydrogens is 344 g/mol. The van der Waals surface area contributed by atoms with E-state index in [2.05, 4.69) is 14.7 Å². The van der Waals surface area contributed by atoms with Crippen molar-refractivity contribution in [3.8, 4) is 0 Å². The molecule has 1 fully saturated rings. The Morgan fingerprint density at radius 3 is 2.36 bits per heavy atom. The maximum absolute atomic E-state index is 12.3. The van der Waals surface area contributed by atoms with Crippen molar-refractivity contribution in [2.24, 2.45) is 0 Å². The van der Waals surface area contributed by atoms with Crippen molar-refractivity contribution in [1.82, 2.24) is 14.7 Å². The number of sulfonamides is 1. The van der Waals surface area contributed by atoms with Crippen LogP contribution in [0.15, 0.2) is 35.4 Å². The second-order valence-corrected chi connectivity index (χ2v) is 7.53. The van der Waals surface area contributed by atoms with E-state index in [1.54, 1.807) is 6.20 Å². The van der Waals surface area contributed by atoms with Gasteiger partial charge in [0.25, 0.3) is 0 Å². The van der Waals surface area contributed by atoms with Gasteiger partial charge in [-0.05, 0) is 31.2 Å². The molecule has 2 aromatic rings. The number of aromatic nitrogens is 2. The first-order valence-electron chi connectivity index (χ1n) is 7.83. The summed E-state index contributed by atoms with van der Waals surface area (Å²) in [4.78, 5) is 31.7. The van der Waals surface area contributed by atoms with Crippen molar-refractivity contribution >= 4 is 27.5 Å². The Morgan fingerprint density at radius 1 is 1.16 bits per heavy atom. The number of nitrogens with zero attached hydrogens (tertiary/aromatic N) is 2. The van der Waals surface area contributed by atoms with E-state index in [9.17, 15) is 18.0 Å². The summed E-state index contributed by atoms with van der Waals surface area (Å²) < 4.78 is 27.1. The largest absolute Gasteiger partial charge is 0.346 e. The van der Waals surface area contributed by atoms with Crippen molar-refractivity contribution in [2.75, 3.05) is 11.4 Å². The molecule has 0 radical (unpaired) electrons. The van der Waals surface area contributed by atoms with Gasteiger partial charge in [0.15, 0.2) is 0 Å². The molecule has 0 unspecified atom stereocenters. The molecule has 0 aliphatic carbocycles. The Bertz CT molecular complexity index is 886. The van der Waals surface area contributed by atoms with Gasteiger partial charge in [0.05, 0.1) is 10.6 Å². The number of hydrogen-bond acceptors (Lipinski definition) is 5. The van der Waals surface area contributed by atoms with Crippen molar-refractivity contribution in [3.63, 3.8) is 0 Å². The number of carbonyl (C=O) groups excluding carboxylic acids is 2. The monoisotopic (exact) mass is 362 g/mol. The van der Waals surface area contributed by atoms with E-state index in [1.807, 2.05) is 6.92 Å². The highest BCUT2D eigenvalue weighted by atomic mass is 32.2. The molecule has 25 heavy (non-hydrogen) atoms. The summed E-state index contributed by atoms with van der Waals surface area (Å²) in [6.07, 6.45) is 2.54. The zero-order chi connectivity index (χ0) is 18.0. The SMILES string of the molecule is Cc1ncc(CCNS(=O)(=O)c2ccc(N3C(=O)CCC3=O)cc2)[nH]1. The number of rotatable bonds is 6. The Hall–Kier alpha value is -2.52. The summed E-state index contributed by atoms with van der Waals surface area (Å²) in [6, 6.07) is 5.70. The molecule has 0 bridgehead atoms. The fourth-order valence-corrected chi connectivity index (χ4v) is 3.67. The number of carbonyl (C=O) groups is 2. The number of nitrogens with one attached hydrogen (secondary N) is 2. The van der Waals surface area contributed by atoms with Crippen LogP contribution < -0.4 is 9.62 Å². The third kappa shape index (κ3) is 3.77. The van der Waals surface area contributed by atoms with Gasteiger partial charge in [-0.15, -0.1) is 0 Å². The van der Waals surface area contributed by atoms with Crippen LogP contribution in [0, 0.1) is 6.92 Å². The molecule has 2 heterocycles.